The van der Waals surface area contributed by atoms with E-state index in [1.807, 2.05) is 0 Å². The molecule has 0 bridgehead atoms. The maximum Gasteiger partial charge on any atom is 0.460 e. The molecule has 0 saturated heterocycles. The first kappa shape index (κ1) is 23.9. The smallest absolute Gasteiger partial charge is 0.377 e. The molecule has 0 N–H and O–H groups in total. The van der Waals surface area contributed by atoms with Crippen LogP contribution in [0.5, 0.6) is 0 Å². The zero-order valence-corrected chi connectivity index (χ0v) is 14.6. The molecule has 0 aromatic heterocycles. The summed E-state index contributed by atoms with van der Waals surface area (Å²) >= 11 is 2.92. The normalized spacial score (nSPS) is 15.7. The number of hydrogen-bond donors (Lipinski definition) is 0. The van der Waals surface area contributed by atoms with Gasteiger partial charge in [0.1, 0.15) is 0 Å². The molecule has 0 fully saturated rings. The third-order valence-corrected chi connectivity index (χ3v) is 4.04. The molecular formula is C14H10BrF11O. The van der Waals surface area contributed by atoms with Gasteiger partial charge >= 0.3 is 29.9 Å². The number of halogens is 12. The van der Waals surface area contributed by atoms with Crippen molar-refractivity contribution in [2.24, 2.45) is 0 Å². The van der Waals surface area contributed by atoms with E-state index in [2.05, 4.69) is 20.7 Å². The molecule has 0 saturated carbocycles. The van der Waals surface area contributed by atoms with Crippen LogP contribution in [0.3, 0.4) is 0 Å². The fourth-order valence-electron chi connectivity index (χ4n) is 2.01. The SMILES string of the molecule is COC(CC(F)(F)C(F)(F)C(F)(F)C(F)(F)C(F)(F)F)c1cccc(Br)c1. The lowest BCUT2D eigenvalue weighted by Gasteiger charge is -2.38. The van der Waals surface area contributed by atoms with Crippen LogP contribution >= 0.6 is 15.9 Å². The molecule has 1 unspecified atom stereocenters. The summed E-state index contributed by atoms with van der Waals surface area (Å²) in [6.07, 6.45) is -11.5. The lowest BCUT2D eigenvalue weighted by molar-refractivity contribution is -0.423. The van der Waals surface area contributed by atoms with E-state index in [1.54, 1.807) is 0 Å². The minimum Gasteiger partial charge on any atom is -0.377 e. The minimum atomic E-state index is -7.42. The highest BCUT2D eigenvalue weighted by molar-refractivity contribution is 9.10. The predicted octanol–water partition coefficient (Wildman–Crippen LogP) is 6.63. The van der Waals surface area contributed by atoms with Gasteiger partial charge in [-0.1, -0.05) is 28.1 Å². The zero-order chi connectivity index (χ0) is 21.5. The van der Waals surface area contributed by atoms with Gasteiger partial charge in [0.25, 0.3) is 0 Å². The van der Waals surface area contributed by atoms with Gasteiger partial charge in [-0.3, -0.25) is 0 Å². The summed E-state index contributed by atoms with van der Waals surface area (Å²) in [7, 11) is 0.738. The average molecular weight is 483 g/mol. The van der Waals surface area contributed by atoms with Gasteiger partial charge in [0.05, 0.1) is 6.10 Å². The Balaban J connectivity index is 3.30. The predicted molar refractivity (Wildman–Crippen MR) is 74.4 cm³/mol. The summed E-state index contributed by atoms with van der Waals surface area (Å²) in [4.78, 5) is 0. The molecule has 0 aliphatic carbocycles. The van der Waals surface area contributed by atoms with E-state index >= 15 is 0 Å². The quantitative estimate of drug-likeness (QED) is 0.396. The fourth-order valence-corrected chi connectivity index (χ4v) is 2.43. The molecule has 156 valence electrons. The third-order valence-electron chi connectivity index (χ3n) is 3.55. The van der Waals surface area contributed by atoms with E-state index < -0.39 is 42.4 Å². The van der Waals surface area contributed by atoms with Crippen molar-refractivity contribution in [1.82, 2.24) is 0 Å². The lowest BCUT2D eigenvalue weighted by atomic mass is 9.92. The molecule has 1 nitrogen and oxygen atoms in total. The van der Waals surface area contributed by atoms with E-state index in [0.29, 0.717) is 0 Å². The van der Waals surface area contributed by atoms with E-state index in [0.717, 1.165) is 19.2 Å². The first-order valence-corrected chi connectivity index (χ1v) is 7.58. The number of ether oxygens (including phenoxy) is 1. The molecule has 13 heteroatoms. The van der Waals surface area contributed by atoms with Crippen molar-refractivity contribution in [2.75, 3.05) is 7.11 Å². The van der Waals surface area contributed by atoms with Gasteiger partial charge in [0.15, 0.2) is 0 Å². The zero-order valence-electron chi connectivity index (χ0n) is 13.0. The highest BCUT2D eigenvalue weighted by Crippen LogP contribution is 2.58. The number of rotatable bonds is 7. The van der Waals surface area contributed by atoms with Crippen molar-refractivity contribution in [3.63, 3.8) is 0 Å². The first-order valence-electron chi connectivity index (χ1n) is 6.78. The van der Waals surface area contributed by atoms with Gasteiger partial charge in [-0.2, -0.15) is 48.3 Å². The Morgan fingerprint density at radius 3 is 1.78 bits per heavy atom. The van der Waals surface area contributed by atoms with Crippen molar-refractivity contribution in [3.05, 3.63) is 34.3 Å². The van der Waals surface area contributed by atoms with Crippen LogP contribution in [0, 0.1) is 0 Å². The van der Waals surface area contributed by atoms with E-state index in [-0.39, 0.29) is 10.0 Å². The largest absolute Gasteiger partial charge is 0.460 e. The Kier molecular flexibility index (Phi) is 6.54. The molecule has 1 atom stereocenters. The van der Waals surface area contributed by atoms with Crippen LogP contribution in [-0.4, -0.2) is 37.0 Å². The monoisotopic (exact) mass is 482 g/mol. The molecular weight excluding hydrogens is 473 g/mol. The second-order valence-electron chi connectivity index (χ2n) is 5.41. The molecule has 0 spiro atoms. The Bertz CT molecular complexity index is 657. The van der Waals surface area contributed by atoms with Gasteiger partial charge in [0.2, 0.25) is 0 Å². The minimum absolute atomic E-state index is 0.228. The Labute approximate surface area is 153 Å². The van der Waals surface area contributed by atoms with Crippen molar-refractivity contribution < 1.29 is 53.0 Å². The van der Waals surface area contributed by atoms with E-state index in [4.69, 9.17) is 0 Å². The van der Waals surface area contributed by atoms with Crippen molar-refractivity contribution >= 4 is 15.9 Å². The van der Waals surface area contributed by atoms with Crippen LogP contribution in [-0.2, 0) is 4.74 Å². The lowest BCUT2D eigenvalue weighted by Crippen LogP contribution is -2.66. The molecule has 1 rings (SSSR count). The molecule has 27 heavy (non-hydrogen) atoms. The average Bonchev–Trinajstić information content (AvgIpc) is 2.50. The van der Waals surface area contributed by atoms with Crippen molar-refractivity contribution in [1.29, 1.82) is 0 Å². The fraction of sp³-hybridized carbons (Fsp3) is 0.571. The Morgan fingerprint density at radius 1 is 0.852 bits per heavy atom. The summed E-state index contributed by atoms with van der Waals surface area (Å²) in [5, 5.41) is 0. The topological polar surface area (TPSA) is 9.23 Å². The van der Waals surface area contributed by atoms with Gasteiger partial charge in [-0.15, -0.1) is 0 Å². The molecule has 0 radical (unpaired) electrons. The van der Waals surface area contributed by atoms with Crippen LogP contribution in [0.1, 0.15) is 18.1 Å². The number of alkyl halides is 11. The highest BCUT2D eigenvalue weighted by atomic mass is 79.9. The van der Waals surface area contributed by atoms with Gasteiger partial charge in [-0.05, 0) is 17.7 Å². The summed E-state index contributed by atoms with van der Waals surface area (Å²) < 4.78 is 148. The Morgan fingerprint density at radius 2 is 1.37 bits per heavy atom. The van der Waals surface area contributed by atoms with Gasteiger partial charge < -0.3 is 4.74 Å². The molecule has 1 aromatic rings. The second kappa shape index (κ2) is 7.37. The summed E-state index contributed by atoms with van der Waals surface area (Å²) in [5.41, 5.74) is -0.228. The number of methoxy groups -OCH3 is 1. The van der Waals surface area contributed by atoms with E-state index in [1.165, 1.54) is 12.1 Å². The van der Waals surface area contributed by atoms with Crippen LogP contribution in [0.25, 0.3) is 0 Å². The van der Waals surface area contributed by atoms with Crippen LogP contribution in [0.15, 0.2) is 28.7 Å². The third kappa shape index (κ3) is 4.17. The molecule has 0 aliphatic heterocycles. The maximum absolute atomic E-state index is 13.8. The molecule has 1 aromatic carbocycles. The van der Waals surface area contributed by atoms with Crippen LogP contribution in [0.2, 0.25) is 0 Å². The number of benzene rings is 1. The van der Waals surface area contributed by atoms with Crippen LogP contribution < -0.4 is 0 Å². The van der Waals surface area contributed by atoms with Crippen LogP contribution in [0.4, 0.5) is 48.3 Å². The van der Waals surface area contributed by atoms with Gasteiger partial charge in [0, 0.05) is 18.0 Å². The van der Waals surface area contributed by atoms with E-state index in [9.17, 15) is 48.3 Å². The Hall–Kier alpha value is -1.11. The van der Waals surface area contributed by atoms with Crippen molar-refractivity contribution in [2.45, 2.75) is 42.4 Å². The molecule has 0 aliphatic rings. The first-order chi connectivity index (χ1) is 11.9. The number of hydrogen-bond acceptors (Lipinski definition) is 1. The second-order valence-corrected chi connectivity index (χ2v) is 6.32. The standard InChI is InChI=1S/C14H10BrF11O/c1-27-9(7-3-2-4-8(15)5-7)6-10(16,17)11(18,19)12(20,21)13(22,23)14(24,25)26/h2-5,9H,6H2,1H3. The van der Waals surface area contributed by atoms with Crippen molar-refractivity contribution in [3.8, 4) is 0 Å². The van der Waals surface area contributed by atoms with Gasteiger partial charge in [-0.25, -0.2) is 0 Å². The highest BCUT2D eigenvalue weighted by Gasteiger charge is 2.87. The summed E-state index contributed by atoms with van der Waals surface area (Å²) in [6.45, 7) is 0. The summed E-state index contributed by atoms with van der Waals surface area (Å²) in [5.74, 6) is -27.8. The molecule has 0 amide bonds. The maximum atomic E-state index is 13.8. The molecule has 0 heterocycles. The summed E-state index contributed by atoms with van der Waals surface area (Å²) in [6, 6.07) is 4.80.